The highest BCUT2D eigenvalue weighted by Crippen LogP contribution is 2.23. The lowest BCUT2D eigenvalue weighted by Gasteiger charge is -2.15. The minimum Gasteiger partial charge on any atom is -0.362 e. The third-order valence-electron chi connectivity index (χ3n) is 5.33. The smallest absolute Gasteiger partial charge is 0.170 e. The summed E-state index contributed by atoms with van der Waals surface area (Å²) in [4.78, 5) is 4.54. The van der Waals surface area contributed by atoms with Crippen molar-refractivity contribution in [3.63, 3.8) is 0 Å². The van der Waals surface area contributed by atoms with Crippen LogP contribution in [0.25, 0.3) is 10.9 Å². The van der Waals surface area contributed by atoms with Crippen molar-refractivity contribution >= 4 is 57.5 Å². The SMILES string of the molecule is S=C(NCCc1c[nH]c2ccccc12)Nc1ccc(Cl)cc1CCCNSc1ccccc1. The van der Waals surface area contributed by atoms with Crippen LogP contribution in [0.4, 0.5) is 5.69 Å². The molecule has 0 unspecified atom stereocenters. The van der Waals surface area contributed by atoms with Crippen LogP contribution in [0.2, 0.25) is 5.02 Å². The molecule has 4 rings (SSSR count). The molecular weight excluding hydrogens is 468 g/mol. The van der Waals surface area contributed by atoms with Crippen molar-refractivity contribution in [1.29, 1.82) is 0 Å². The Hall–Kier alpha value is -2.51. The molecule has 7 heteroatoms. The number of rotatable bonds is 10. The van der Waals surface area contributed by atoms with Crippen molar-refractivity contribution in [3.8, 4) is 0 Å². The Morgan fingerprint density at radius 1 is 0.909 bits per heavy atom. The average Bonchev–Trinajstić information content (AvgIpc) is 3.24. The number of hydrogen-bond acceptors (Lipinski definition) is 3. The summed E-state index contributed by atoms with van der Waals surface area (Å²) in [6.07, 6.45) is 4.87. The van der Waals surface area contributed by atoms with E-state index in [1.165, 1.54) is 15.8 Å². The predicted octanol–water partition coefficient (Wildman–Crippen LogP) is 6.58. The van der Waals surface area contributed by atoms with E-state index in [0.29, 0.717) is 5.11 Å². The zero-order valence-electron chi connectivity index (χ0n) is 18.2. The largest absolute Gasteiger partial charge is 0.362 e. The number of fused-ring (bicyclic) bond motifs is 1. The summed E-state index contributed by atoms with van der Waals surface area (Å²) in [5.41, 5.74) is 4.61. The minimum absolute atomic E-state index is 0.621. The van der Waals surface area contributed by atoms with Gasteiger partial charge in [-0.05, 0) is 91.0 Å². The van der Waals surface area contributed by atoms with Crippen molar-refractivity contribution in [2.75, 3.05) is 18.4 Å². The number of halogens is 1. The van der Waals surface area contributed by atoms with E-state index in [2.05, 4.69) is 56.9 Å². The molecule has 0 bridgehead atoms. The molecule has 1 aromatic heterocycles. The van der Waals surface area contributed by atoms with Crippen LogP contribution in [-0.2, 0) is 12.8 Å². The third-order valence-corrected chi connectivity index (χ3v) is 6.67. The molecule has 0 aliphatic rings. The van der Waals surface area contributed by atoms with E-state index in [1.54, 1.807) is 11.9 Å². The second kappa shape index (κ2) is 12.1. The van der Waals surface area contributed by atoms with Gasteiger partial charge >= 0.3 is 0 Å². The summed E-state index contributed by atoms with van der Waals surface area (Å²) < 4.78 is 3.42. The fourth-order valence-electron chi connectivity index (χ4n) is 3.68. The van der Waals surface area contributed by atoms with Crippen LogP contribution in [-0.4, -0.2) is 23.2 Å². The molecule has 0 aliphatic heterocycles. The fourth-order valence-corrected chi connectivity index (χ4v) is 4.79. The first-order chi connectivity index (χ1) is 16.2. The van der Waals surface area contributed by atoms with E-state index in [4.69, 9.17) is 23.8 Å². The van der Waals surface area contributed by atoms with Gasteiger partial charge in [0.1, 0.15) is 0 Å². The second-order valence-electron chi connectivity index (χ2n) is 7.70. The maximum Gasteiger partial charge on any atom is 0.170 e. The zero-order chi connectivity index (χ0) is 22.9. The lowest BCUT2D eigenvalue weighted by atomic mass is 10.1. The summed E-state index contributed by atoms with van der Waals surface area (Å²) in [6.45, 7) is 1.66. The van der Waals surface area contributed by atoms with E-state index in [1.807, 2.05) is 42.5 Å². The summed E-state index contributed by atoms with van der Waals surface area (Å²) in [5, 5.41) is 9.30. The van der Waals surface area contributed by atoms with Crippen LogP contribution in [0, 0.1) is 0 Å². The number of hydrogen-bond donors (Lipinski definition) is 4. The molecule has 0 radical (unpaired) electrons. The maximum absolute atomic E-state index is 6.26. The molecule has 0 saturated heterocycles. The lowest BCUT2D eigenvalue weighted by Crippen LogP contribution is -2.30. The lowest BCUT2D eigenvalue weighted by molar-refractivity contribution is 0.798. The molecule has 0 spiro atoms. The maximum atomic E-state index is 6.26. The first-order valence-electron chi connectivity index (χ1n) is 11.0. The molecule has 0 amide bonds. The van der Waals surface area contributed by atoms with Gasteiger partial charge in [-0.1, -0.05) is 48.0 Å². The number of anilines is 1. The number of benzene rings is 3. The topological polar surface area (TPSA) is 51.9 Å². The number of para-hydroxylation sites is 1. The van der Waals surface area contributed by atoms with Crippen LogP contribution in [0.3, 0.4) is 0 Å². The number of thiocarbonyl (C=S) groups is 1. The predicted molar refractivity (Wildman–Crippen MR) is 146 cm³/mol. The number of aryl methyl sites for hydroxylation is 1. The normalized spacial score (nSPS) is 10.9. The van der Waals surface area contributed by atoms with Crippen molar-refractivity contribution in [2.24, 2.45) is 0 Å². The quantitative estimate of drug-likeness (QED) is 0.114. The Morgan fingerprint density at radius 2 is 1.73 bits per heavy atom. The van der Waals surface area contributed by atoms with Gasteiger partial charge in [0.25, 0.3) is 0 Å². The van der Waals surface area contributed by atoms with Gasteiger partial charge in [0.2, 0.25) is 0 Å². The molecule has 1 heterocycles. The number of aromatic nitrogens is 1. The first-order valence-corrected chi connectivity index (χ1v) is 12.6. The van der Waals surface area contributed by atoms with Crippen molar-refractivity contribution < 1.29 is 0 Å². The summed E-state index contributed by atoms with van der Waals surface area (Å²) >= 11 is 13.5. The fraction of sp³-hybridized carbons (Fsp3) is 0.192. The van der Waals surface area contributed by atoms with Crippen molar-refractivity contribution in [2.45, 2.75) is 24.2 Å². The van der Waals surface area contributed by atoms with E-state index in [0.717, 1.165) is 54.1 Å². The Bertz CT molecular complexity index is 1190. The molecule has 0 aliphatic carbocycles. The monoisotopic (exact) mass is 494 g/mol. The van der Waals surface area contributed by atoms with Gasteiger partial charge in [-0.3, -0.25) is 4.72 Å². The number of aromatic amines is 1. The molecule has 4 N–H and O–H groups in total. The number of nitrogens with one attached hydrogen (secondary N) is 4. The van der Waals surface area contributed by atoms with Crippen molar-refractivity contribution in [3.05, 3.63) is 95.1 Å². The van der Waals surface area contributed by atoms with Crippen LogP contribution < -0.4 is 15.4 Å². The third kappa shape index (κ3) is 6.98. The van der Waals surface area contributed by atoms with Gasteiger partial charge in [0.15, 0.2) is 5.11 Å². The van der Waals surface area contributed by atoms with Gasteiger partial charge in [-0.25, -0.2) is 0 Å². The minimum atomic E-state index is 0.621. The van der Waals surface area contributed by atoms with Crippen molar-refractivity contribution in [1.82, 2.24) is 15.0 Å². The Balaban J connectivity index is 1.24. The average molecular weight is 495 g/mol. The highest BCUT2D eigenvalue weighted by atomic mass is 35.5. The Morgan fingerprint density at radius 3 is 2.61 bits per heavy atom. The van der Waals surface area contributed by atoms with Crippen LogP contribution in [0.5, 0.6) is 0 Å². The van der Waals surface area contributed by atoms with E-state index in [9.17, 15) is 0 Å². The second-order valence-corrected chi connectivity index (χ2v) is 9.51. The summed E-state index contributed by atoms with van der Waals surface area (Å²) in [5.74, 6) is 0. The molecule has 4 aromatic rings. The Labute approximate surface area is 209 Å². The van der Waals surface area contributed by atoms with E-state index < -0.39 is 0 Å². The molecule has 33 heavy (non-hydrogen) atoms. The molecule has 0 atom stereocenters. The highest BCUT2D eigenvalue weighted by molar-refractivity contribution is 7.97. The van der Waals surface area contributed by atoms with Gasteiger partial charge in [-0.15, -0.1) is 0 Å². The standard InChI is InChI=1S/C26H27ClN4S2/c27-21-12-13-24(19(17-21)7-6-15-30-33-22-8-2-1-3-9-22)31-26(32)28-16-14-20-18-29-25-11-5-4-10-23(20)25/h1-5,8-13,17-18,29-30H,6-7,14-16H2,(H2,28,31,32). The molecule has 170 valence electrons. The summed E-state index contributed by atoms with van der Waals surface area (Å²) in [7, 11) is 0. The number of H-pyrrole nitrogens is 1. The highest BCUT2D eigenvalue weighted by Gasteiger charge is 2.07. The van der Waals surface area contributed by atoms with Gasteiger partial charge < -0.3 is 15.6 Å². The van der Waals surface area contributed by atoms with Gasteiger partial charge in [0, 0.05) is 45.8 Å². The van der Waals surface area contributed by atoms with E-state index in [-0.39, 0.29) is 0 Å². The van der Waals surface area contributed by atoms with Gasteiger partial charge in [-0.2, -0.15) is 0 Å². The Kier molecular flexibility index (Phi) is 8.66. The molecule has 3 aromatic carbocycles. The first kappa shape index (κ1) is 23.6. The molecule has 0 fully saturated rings. The summed E-state index contributed by atoms with van der Waals surface area (Å²) in [6, 6.07) is 24.6. The molecule has 0 saturated carbocycles. The zero-order valence-corrected chi connectivity index (χ0v) is 20.6. The molecule has 4 nitrogen and oxygen atoms in total. The van der Waals surface area contributed by atoms with Crippen LogP contribution in [0.1, 0.15) is 17.5 Å². The van der Waals surface area contributed by atoms with Crippen LogP contribution >= 0.6 is 35.8 Å². The van der Waals surface area contributed by atoms with Gasteiger partial charge in [0.05, 0.1) is 0 Å². The molecular formula is C26H27ClN4S2. The van der Waals surface area contributed by atoms with Crippen LogP contribution in [0.15, 0.2) is 83.9 Å². The van der Waals surface area contributed by atoms with E-state index >= 15 is 0 Å².